The van der Waals surface area contributed by atoms with Crippen LogP contribution in [0.15, 0.2) is 29.2 Å². The van der Waals surface area contributed by atoms with Crippen LogP contribution in [-0.4, -0.2) is 42.4 Å². The molecule has 1 aromatic rings. The van der Waals surface area contributed by atoms with Gasteiger partial charge >= 0.3 is 0 Å². The van der Waals surface area contributed by atoms with Crippen molar-refractivity contribution in [3.8, 4) is 11.8 Å². The Morgan fingerprint density at radius 1 is 1.40 bits per heavy atom. The summed E-state index contributed by atoms with van der Waals surface area (Å²) in [4.78, 5) is 0.0510. The van der Waals surface area contributed by atoms with Crippen LogP contribution in [0, 0.1) is 11.8 Å². The lowest BCUT2D eigenvalue weighted by atomic mass is 10.2. The Kier molecular flexibility index (Phi) is 6.36. The van der Waals surface area contributed by atoms with E-state index in [0.717, 1.165) is 0 Å². The minimum absolute atomic E-state index is 0.0510. The van der Waals surface area contributed by atoms with Crippen LogP contribution in [0.2, 0.25) is 0 Å². The van der Waals surface area contributed by atoms with E-state index in [0.29, 0.717) is 5.56 Å². The largest absolute Gasteiger partial charge is 0.384 e. The highest BCUT2D eigenvalue weighted by molar-refractivity contribution is 7.89. The minimum Gasteiger partial charge on any atom is -0.384 e. The van der Waals surface area contributed by atoms with E-state index in [9.17, 15) is 12.6 Å². The van der Waals surface area contributed by atoms with Crippen molar-refractivity contribution >= 4 is 20.8 Å². The Hall–Kier alpha value is -1.20. The van der Waals surface area contributed by atoms with E-state index in [2.05, 4.69) is 16.6 Å². The number of aliphatic hydroxyl groups excluding tert-OH is 1. The van der Waals surface area contributed by atoms with Crippen molar-refractivity contribution < 1.29 is 17.7 Å². The molecule has 2 N–H and O–H groups in total. The van der Waals surface area contributed by atoms with Gasteiger partial charge in [-0.05, 0) is 19.1 Å². The van der Waals surface area contributed by atoms with Crippen molar-refractivity contribution in [1.82, 2.24) is 4.72 Å². The quantitative estimate of drug-likeness (QED) is 0.754. The highest BCUT2D eigenvalue weighted by Gasteiger charge is 2.18. The number of hydrogen-bond donors (Lipinski definition) is 2. The molecule has 0 heterocycles. The molecule has 20 heavy (non-hydrogen) atoms. The molecule has 0 bridgehead atoms. The summed E-state index contributed by atoms with van der Waals surface area (Å²) in [6, 6.07) is 6.28. The van der Waals surface area contributed by atoms with E-state index in [1.807, 2.05) is 0 Å². The lowest BCUT2D eigenvalue weighted by molar-refractivity contribution is 0.350. The first-order chi connectivity index (χ1) is 9.38. The number of nitrogens with one attached hydrogen (secondary N) is 1. The van der Waals surface area contributed by atoms with Crippen LogP contribution < -0.4 is 4.72 Å². The van der Waals surface area contributed by atoms with Gasteiger partial charge in [-0.3, -0.25) is 4.21 Å². The second-order valence-corrected chi connectivity index (χ2v) is 7.65. The molecule has 0 fully saturated rings. The molecule has 7 heteroatoms. The van der Waals surface area contributed by atoms with Crippen molar-refractivity contribution in [2.45, 2.75) is 17.1 Å². The Morgan fingerprint density at radius 3 is 2.65 bits per heavy atom. The number of sulfonamides is 1. The fraction of sp³-hybridized carbons (Fsp3) is 0.385. The third-order valence-corrected chi connectivity index (χ3v) is 5.39. The van der Waals surface area contributed by atoms with Gasteiger partial charge in [-0.1, -0.05) is 24.0 Å². The molecule has 2 unspecified atom stereocenters. The summed E-state index contributed by atoms with van der Waals surface area (Å²) in [5, 5.41) is 8.41. The molecular weight excluding hydrogens is 298 g/mol. The van der Waals surface area contributed by atoms with Crippen LogP contribution in [0.3, 0.4) is 0 Å². The molecule has 1 aromatic carbocycles. The summed E-state index contributed by atoms with van der Waals surface area (Å²) in [5.74, 6) is 5.03. The first-order valence-corrected chi connectivity index (χ1v) is 8.99. The highest BCUT2D eigenvalue weighted by atomic mass is 32.2. The van der Waals surface area contributed by atoms with Gasteiger partial charge in [-0.2, -0.15) is 0 Å². The minimum atomic E-state index is -3.72. The molecule has 0 saturated carbocycles. The second-order valence-electron chi connectivity index (χ2n) is 4.12. The standard InChI is InChI=1S/C13H17NO4S2/c1-11(19(2)16)10-14-20(17,18)13-8-4-3-6-12(13)7-5-9-15/h3-4,6,8,11,14-15H,9-10H2,1-2H3. The van der Waals surface area contributed by atoms with Crippen LogP contribution in [0.4, 0.5) is 0 Å². The van der Waals surface area contributed by atoms with E-state index in [4.69, 9.17) is 5.11 Å². The fourth-order valence-corrected chi connectivity index (χ4v) is 3.08. The molecule has 5 nitrogen and oxygen atoms in total. The summed E-state index contributed by atoms with van der Waals surface area (Å²) in [6.07, 6.45) is 1.53. The van der Waals surface area contributed by atoms with Gasteiger partial charge in [-0.15, -0.1) is 0 Å². The first-order valence-electron chi connectivity index (χ1n) is 5.89. The van der Waals surface area contributed by atoms with Crippen molar-refractivity contribution in [2.24, 2.45) is 0 Å². The summed E-state index contributed by atoms with van der Waals surface area (Å²) in [5.41, 5.74) is 0.319. The normalized spacial score (nSPS) is 14.2. The maximum absolute atomic E-state index is 12.2. The number of rotatable bonds is 5. The van der Waals surface area contributed by atoms with Crippen LogP contribution in [0.25, 0.3) is 0 Å². The predicted molar refractivity (Wildman–Crippen MR) is 79.1 cm³/mol. The van der Waals surface area contributed by atoms with Crippen molar-refractivity contribution in [3.05, 3.63) is 29.8 Å². The Bertz CT molecular complexity index is 644. The second kappa shape index (κ2) is 7.55. The molecule has 0 amide bonds. The molecule has 0 aliphatic rings. The molecule has 0 saturated heterocycles. The van der Waals surface area contributed by atoms with Gasteiger partial charge < -0.3 is 5.11 Å². The highest BCUT2D eigenvalue weighted by Crippen LogP contribution is 2.14. The lowest BCUT2D eigenvalue weighted by Crippen LogP contribution is -2.33. The average Bonchev–Trinajstić information content (AvgIpc) is 2.42. The van der Waals surface area contributed by atoms with Crippen molar-refractivity contribution in [1.29, 1.82) is 0 Å². The molecule has 1 rings (SSSR count). The third-order valence-electron chi connectivity index (χ3n) is 2.61. The zero-order chi connectivity index (χ0) is 15.2. The van der Waals surface area contributed by atoms with Gasteiger partial charge in [0.05, 0.1) is 4.90 Å². The molecule has 2 atom stereocenters. The maximum Gasteiger partial charge on any atom is 0.241 e. The van der Waals surface area contributed by atoms with E-state index < -0.39 is 20.8 Å². The van der Waals surface area contributed by atoms with Gasteiger partial charge in [0.2, 0.25) is 10.0 Å². The molecule has 0 aliphatic heterocycles. The van der Waals surface area contributed by atoms with Crippen LogP contribution in [-0.2, 0) is 20.8 Å². The van der Waals surface area contributed by atoms with Gasteiger partial charge in [0.25, 0.3) is 0 Å². The maximum atomic E-state index is 12.2. The van der Waals surface area contributed by atoms with E-state index >= 15 is 0 Å². The predicted octanol–water partition coefficient (Wildman–Crippen LogP) is 0.0757. The summed E-state index contributed by atoms with van der Waals surface area (Å²) >= 11 is 0. The molecule has 0 aliphatic carbocycles. The molecule has 0 spiro atoms. The molecule has 110 valence electrons. The molecule has 0 radical (unpaired) electrons. The fourth-order valence-electron chi connectivity index (χ4n) is 1.36. The molecule has 0 aromatic heterocycles. The van der Waals surface area contributed by atoms with E-state index in [-0.39, 0.29) is 23.3 Å². The first kappa shape index (κ1) is 16.9. The average molecular weight is 315 g/mol. The van der Waals surface area contributed by atoms with Crippen molar-refractivity contribution in [3.63, 3.8) is 0 Å². The van der Waals surface area contributed by atoms with E-state index in [1.54, 1.807) is 25.1 Å². The van der Waals surface area contributed by atoms with Gasteiger partial charge in [-0.25, -0.2) is 13.1 Å². The van der Waals surface area contributed by atoms with Gasteiger partial charge in [0.15, 0.2) is 0 Å². The third kappa shape index (κ3) is 4.72. The van der Waals surface area contributed by atoms with Gasteiger partial charge in [0, 0.05) is 34.4 Å². The number of benzene rings is 1. The topological polar surface area (TPSA) is 83.5 Å². The van der Waals surface area contributed by atoms with Crippen LogP contribution >= 0.6 is 0 Å². The smallest absolute Gasteiger partial charge is 0.241 e. The lowest BCUT2D eigenvalue weighted by Gasteiger charge is -2.11. The van der Waals surface area contributed by atoms with E-state index in [1.165, 1.54) is 12.3 Å². The zero-order valence-corrected chi connectivity index (χ0v) is 12.9. The molecular formula is C13H17NO4S2. The monoisotopic (exact) mass is 315 g/mol. The summed E-state index contributed by atoms with van der Waals surface area (Å²) in [7, 11) is -4.82. The zero-order valence-electron chi connectivity index (χ0n) is 11.3. The van der Waals surface area contributed by atoms with Crippen LogP contribution in [0.1, 0.15) is 12.5 Å². The Morgan fingerprint density at radius 2 is 2.05 bits per heavy atom. The number of hydrogen-bond acceptors (Lipinski definition) is 4. The van der Waals surface area contributed by atoms with Gasteiger partial charge in [0.1, 0.15) is 6.61 Å². The summed E-state index contributed by atoms with van der Waals surface area (Å²) < 4.78 is 38.1. The number of aliphatic hydroxyl groups is 1. The van der Waals surface area contributed by atoms with Crippen LogP contribution in [0.5, 0.6) is 0 Å². The summed E-state index contributed by atoms with van der Waals surface area (Å²) in [6.45, 7) is 1.46. The van der Waals surface area contributed by atoms with Crippen molar-refractivity contribution in [2.75, 3.05) is 19.4 Å². The SMILES string of the molecule is CC(CNS(=O)(=O)c1ccccc1C#CCO)S(C)=O. The Labute approximate surface area is 121 Å². The Balaban J connectivity index is 3.01.